The number of aromatic amines is 2. The highest BCUT2D eigenvalue weighted by atomic mass is 32.2. The number of benzene rings is 1. The number of nitrogens with zero attached hydrogens (tertiary/aromatic N) is 2. The van der Waals surface area contributed by atoms with Gasteiger partial charge in [-0.3, -0.25) is 15.0 Å². The van der Waals surface area contributed by atoms with Crippen molar-refractivity contribution in [2.45, 2.75) is 18.7 Å². The van der Waals surface area contributed by atoms with Crippen molar-refractivity contribution in [3.63, 3.8) is 0 Å². The van der Waals surface area contributed by atoms with E-state index in [2.05, 4.69) is 25.7 Å². The monoisotopic (exact) mass is 415 g/mol. The molecule has 9 nitrogen and oxygen atoms in total. The van der Waals surface area contributed by atoms with E-state index >= 15 is 0 Å². The lowest BCUT2D eigenvalue weighted by atomic mass is 10.2. The van der Waals surface area contributed by atoms with E-state index in [9.17, 15) is 9.59 Å². The molecule has 1 unspecified atom stereocenters. The fourth-order valence-electron chi connectivity index (χ4n) is 2.54. The molecule has 0 amide bonds. The Hall–Kier alpha value is -3.27. The Labute approximate surface area is 170 Å². The molecule has 0 fully saturated rings. The van der Waals surface area contributed by atoms with Crippen LogP contribution in [0.3, 0.4) is 0 Å². The maximum atomic E-state index is 12.5. The average Bonchev–Trinajstić information content (AvgIpc) is 3.32. The zero-order valence-electron chi connectivity index (χ0n) is 16.0. The molecule has 0 saturated heterocycles. The van der Waals surface area contributed by atoms with E-state index in [0.29, 0.717) is 17.2 Å². The molecule has 2 aromatic heterocycles. The second kappa shape index (κ2) is 9.78. The van der Waals surface area contributed by atoms with Crippen molar-refractivity contribution in [1.29, 1.82) is 0 Å². The van der Waals surface area contributed by atoms with Gasteiger partial charge < -0.3 is 14.5 Å². The van der Waals surface area contributed by atoms with E-state index in [1.54, 1.807) is 43.0 Å². The van der Waals surface area contributed by atoms with E-state index in [1.807, 2.05) is 24.5 Å². The normalized spacial score (nSPS) is 12.2. The van der Waals surface area contributed by atoms with Gasteiger partial charge in [0.25, 0.3) is 5.56 Å². The minimum atomic E-state index is -0.956. The lowest BCUT2D eigenvalue weighted by Crippen LogP contribution is -2.23. The molecule has 3 aromatic rings. The van der Waals surface area contributed by atoms with E-state index in [-0.39, 0.29) is 18.1 Å². The van der Waals surface area contributed by atoms with Crippen LogP contribution in [0, 0.1) is 0 Å². The van der Waals surface area contributed by atoms with Crippen molar-refractivity contribution in [3.05, 3.63) is 64.3 Å². The number of anilines is 1. The lowest BCUT2D eigenvalue weighted by Gasteiger charge is -2.15. The molecule has 3 rings (SSSR count). The number of thioether (sulfide) groups is 1. The number of nitrogens with one attached hydrogen (secondary N) is 3. The number of ether oxygens (including phenoxy) is 1. The zero-order valence-corrected chi connectivity index (χ0v) is 16.8. The number of hydrogen-bond donors (Lipinski definition) is 3. The molecule has 0 aliphatic rings. The van der Waals surface area contributed by atoms with Gasteiger partial charge in [0, 0.05) is 0 Å². The molecule has 29 heavy (non-hydrogen) atoms. The third-order valence-electron chi connectivity index (χ3n) is 3.84. The van der Waals surface area contributed by atoms with E-state index in [1.165, 1.54) is 0 Å². The summed E-state index contributed by atoms with van der Waals surface area (Å²) >= 11 is 1.60. The molecule has 0 bridgehead atoms. The third-order valence-corrected chi connectivity index (χ3v) is 4.41. The molecule has 10 heteroatoms. The highest BCUT2D eigenvalue weighted by Gasteiger charge is 2.27. The first kappa shape index (κ1) is 20.5. The summed E-state index contributed by atoms with van der Waals surface area (Å²) in [6.07, 6.45) is 1.96. The van der Waals surface area contributed by atoms with Gasteiger partial charge in [-0.1, -0.05) is 18.2 Å². The molecule has 0 saturated carbocycles. The molecule has 1 atom stereocenters. The maximum absolute atomic E-state index is 12.5. The summed E-state index contributed by atoms with van der Waals surface area (Å²) in [5, 5.41) is 16.2. The highest BCUT2D eigenvalue weighted by molar-refractivity contribution is 7.97. The van der Waals surface area contributed by atoms with Gasteiger partial charge >= 0.3 is 5.97 Å². The molecule has 0 aliphatic carbocycles. The quantitative estimate of drug-likeness (QED) is 0.354. The van der Waals surface area contributed by atoms with Gasteiger partial charge in [-0.25, -0.2) is 4.79 Å². The highest BCUT2D eigenvalue weighted by Crippen LogP contribution is 2.28. The van der Waals surface area contributed by atoms with Crippen LogP contribution >= 0.6 is 11.8 Å². The third kappa shape index (κ3) is 5.17. The van der Waals surface area contributed by atoms with Crippen LogP contribution in [0.2, 0.25) is 0 Å². The Morgan fingerprint density at radius 2 is 2.00 bits per heavy atom. The summed E-state index contributed by atoms with van der Waals surface area (Å²) in [7, 11) is 0. The maximum Gasteiger partial charge on any atom is 0.336 e. The number of hydrogen-bond acceptors (Lipinski definition) is 8. The standard InChI is InChI=1S/C19H21N5O4S/c1-3-27-19(26)15(14-10-9-13(28-14)11-29-2)20-17-16(18(25)24-23-17)22-21-12-7-5-4-6-8-12/h4-10,15H,3,11H2,1-2H3,(H3,20,23,24,25). The summed E-state index contributed by atoms with van der Waals surface area (Å²) in [6.45, 7) is 1.92. The zero-order chi connectivity index (χ0) is 20.6. The number of furan rings is 1. The number of carbonyl (C=O) groups is 1. The van der Waals surface area contributed by atoms with Crippen molar-refractivity contribution in [2.24, 2.45) is 10.2 Å². The van der Waals surface area contributed by atoms with E-state index in [4.69, 9.17) is 9.15 Å². The van der Waals surface area contributed by atoms with Crippen molar-refractivity contribution >= 4 is 34.9 Å². The number of aromatic nitrogens is 2. The molecule has 0 radical (unpaired) electrons. The number of esters is 1. The Bertz CT molecular complexity index is 1020. The molecule has 152 valence electrons. The fraction of sp³-hybridized carbons (Fsp3) is 0.263. The molecule has 0 aliphatic heterocycles. The van der Waals surface area contributed by atoms with Crippen molar-refractivity contribution in [3.8, 4) is 0 Å². The van der Waals surface area contributed by atoms with Gasteiger partial charge in [-0.05, 0) is 37.4 Å². The Morgan fingerprint density at radius 3 is 2.72 bits per heavy atom. The molecular weight excluding hydrogens is 394 g/mol. The van der Waals surface area contributed by atoms with Crippen LogP contribution in [0.25, 0.3) is 0 Å². The molecule has 0 spiro atoms. The van der Waals surface area contributed by atoms with Crippen LogP contribution in [0.15, 0.2) is 61.9 Å². The minimum absolute atomic E-state index is 0.0130. The predicted molar refractivity (Wildman–Crippen MR) is 111 cm³/mol. The van der Waals surface area contributed by atoms with Gasteiger partial charge in [0.1, 0.15) is 11.5 Å². The van der Waals surface area contributed by atoms with Crippen molar-refractivity contribution in [2.75, 3.05) is 18.2 Å². The minimum Gasteiger partial charge on any atom is -0.464 e. The smallest absolute Gasteiger partial charge is 0.336 e. The summed E-state index contributed by atoms with van der Waals surface area (Å²) in [5.74, 6) is 1.45. The number of H-pyrrole nitrogens is 2. The van der Waals surface area contributed by atoms with E-state index < -0.39 is 17.6 Å². The second-order valence-electron chi connectivity index (χ2n) is 5.90. The molecule has 2 heterocycles. The number of carbonyl (C=O) groups excluding carboxylic acids is 1. The van der Waals surface area contributed by atoms with Crippen molar-refractivity contribution in [1.82, 2.24) is 10.2 Å². The van der Waals surface area contributed by atoms with Crippen LogP contribution in [-0.4, -0.2) is 29.0 Å². The van der Waals surface area contributed by atoms with Crippen LogP contribution in [0.1, 0.15) is 24.5 Å². The van der Waals surface area contributed by atoms with E-state index in [0.717, 1.165) is 5.76 Å². The van der Waals surface area contributed by atoms with Gasteiger partial charge in [0.2, 0.25) is 0 Å². The SMILES string of the molecule is CCOC(=O)C(Nc1[nH][nH]c(=O)c1N=Nc1ccccc1)c1ccc(CSC)o1. The topological polar surface area (TPSA) is 125 Å². The van der Waals surface area contributed by atoms with Gasteiger partial charge in [0.05, 0.1) is 18.0 Å². The first-order valence-corrected chi connectivity index (χ1v) is 10.3. The largest absolute Gasteiger partial charge is 0.464 e. The molecular formula is C19H21N5O4S. The lowest BCUT2D eigenvalue weighted by molar-refractivity contribution is -0.144. The Morgan fingerprint density at radius 1 is 1.21 bits per heavy atom. The Kier molecular flexibility index (Phi) is 6.90. The summed E-state index contributed by atoms with van der Waals surface area (Å²) < 4.78 is 10.9. The Balaban J connectivity index is 1.88. The second-order valence-corrected chi connectivity index (χ2v) is 6.77. The molecule has 3 N–H and O–H groups in total. The summed E-state index contributed by atoms with van der Waals surface area (Å²) in [4.78, 5) is 24.6. The first-order chi connectivity index (χ1) is 14.1. The van der Waals surface area contributed by atoms with Crippen molar-refractivity contribution < 1.29 is 13.9 Å². The predicted octanol–water partition coefficient (Wildman–Crippen LogP) is 4.29. The van der Waals surface area contributed by atoms with Crippen LogP contribution < -0.4 is 10.9 Å². The fourth-order valence-corrected chi connectivity index (χ4v) is 2.98. The first-order valence-electron chi connectivity index (χ1n) is 8.90. The summed E-state index contributed by atoms with van der Waals surface area (Å²) in [6, 6.07) is 11.6. The van der Waals surface area contributed by atoms with Gasteiger partial charge in [-0.15, -0.1) is 5.11 Å². The van der Waals surface area contributed by atoms with Crippen LogP contribution in [-0.2, 0) is 15.3 Å². The number of azo groups is 1. The van der Waals surface area contributed by atoms with Crippen LogP contribution in [0.5, 0.6) is 0 Å². The number of rotatable bonds is 9. The summed E-state index contributed by atoms with van der Waals surface area (Å²) in [5.41, 5.74) is 0.130. The van der Waals surface area contributed by atoms with Gasteiger partial charge in [-0.2, -0.15) is 16.9 Å². The van der Waals surface area contributed by atoms with Crippen LogP contribution in [0.4, 0.5) is 17.2 Å². The van der Waals surface area contributed by atoms with Gasteiger partial charge in [0.15, 0.2) is 17.5 Å². The molecule has 1 aromatic carbocycles. The average molecular weight is 415 g/mol.